The highest BCUT2D eigenvalue weighted by Gasteiger charge is 2.32. The zero-order valence-corrected chi connectivity index (χ0v) is 18.0. The summed E-state index contributed by atoms with van der Waals surface area (Å²) in [4.78, 5) is 0. The molecule has 0 saturated carbocycles. The summed E-state index contributed by atoms with van der Waals surface area (Å²) in [5.41, 5.74) is 3.11. The van der Waals surface area contributed by atoms with Gasteiger partial charge in [0.25, 0.3) is 0 Å². The minimum atomic E-state index is 0. The molecule has 1 aromatic carbocycles. The quantitative estimate of drug-likeness (QED) is 0.286. The summed E-state index contributed by atoms with van der Waals surface area (Å²) in [7, 11) is 4.81. The Balaban J connectivity index is 0.00000121. The molecule has 0 N–H and O–H groups in total. The van der Waals surface area contributed by atoms with Crippen LogP contribution < -0.4 is 48.0 Å². The van der Waals surface area contributed by atoms with E-state index < -0.39 is 0 Å². The van der Waals surface area contributed by atoms with Gasteiger partial charge in [-0.15, -0.1) is 0 Å². The minimum Gasteiger partial charge on any atom is -1.00 e. The molecule has 0 bridgehead atoms. The van der Waals surface area contributed by atoms with E-state index in [4.69, 9.17) is 4.74 Å². The molecule has 2 aliphatic rings. The molecule has 126 valence electrons. The first kappa shape index (κ1) is 20.6. The van der Waals surface area contributed by atoms with Crippen molar-refractivity contribution in [3.63, 3.8) is 0 Å². The van der Waals surface area contributed by atoms with Crippen molar-refractivity contribution in [2.75, 3.05) is 53.5 Å². The molecule has 1 saturated heterocycles. The maximum atomic E-state index is 5.49. The molecule has 0 radical (unpaired) electrons. The molecule has 5 heteroatoms. The van der Waals surface area contributed by atoms with E-state index in [9.17, 15) is 0 Å². The second kappa shape index (κ2) is 8.60. The summed E-state index contributed by atoms with van der Waals surface area (Å²) in [6, 6.07) is 8.95. The van der Waals surface area contributed by atoms with Crippen LogP contribution in [0.25, 0.3) is 0 Å². The van der Waals surface area contributed by atoms with Gasteiger partial charge in [0.05, 0.1) is 40.4 Å². The van der Waals surface area contributed by atoms with Crippen molar-refractivity contribution in [2.45, 2.75) is 19.5 Å². The molecule has 0 unspecified atom stereocenters. The maximum absolute atomic E-state index is 5.49. The lowest BCUT2D eigenvalue weighted by Crippen LogP contribution is -3.00. The number of quaternary nitrogens is 2. The largest absolute Gasteiger partial charge is 1.00 e. The molecular weight excluding hydrogens is 502 g/mol. The summed E-state index contributed by atoms with van der Waals surface area (Å²) in [5, 5.41) is 0. The van der Waals surface area contributed by atoms with Crippen molar-refractivity contribution in [3.05, 3.63) is 35.4 Å². The predicted octanol–water partition coefficient (Wildman–Crippen LogP) is -3.98. The van der Waals surface area contributed by atoms with E-state index in [1.165, 1.54) is 54.7 Å². The van der Waals surface area contributed by atoms with Crippen LogP contribution in [0.3, 0.4) is 0 Å². The van der Waals surface area contributed by atoms with Gasteiger partial charge in [-0.3, -0.25) is 0 Å². The fourth-order valence-electron chi connectivity index (χ4n) is 3.74. The molecule has 2 heterocycles. The summed E-state index contributed by atoms with van der Waals surface area (Å²) < 4.78 is 7.88. The van der Waals surface area contributed by atoms with Crippen LogP contribution in [0, 0.1) is 0 Å². The number of fused-ring (bicyclic) bond motifs is 1. The highest BCUT2D eigenvalue weighted by molar-refractivity contribution is 5.27. The Bertz CT molecular complexity index is 450. The molecule has 0 aliphatic carbocycles. The van der Waals surface area contributed by atoms with Crippen LogP contribution in [0.1, 0.15) is 17.5 Å². The summed E-state index contributed by atoms with van der Waals surface area (Å²) in [6.45, 7) is 9.26. The first-order valence-corrected chi connectivity index (χ1v) is 7.90. The zero-order chi connectivity index (χ0) is 14.1. The second-order valence-electron chi connectivity index (χ2n) is 7.18. The number of benzene rings is 1. The molecule has 3 rings (SSSR count). The van der Waals surface area contributed by atoms with Gasteiger partial charge in [0.15, 0.2) is 0 Å². The van der Waals surface area contributed by atoms with Gasteiger partial charge in [-0.05, 0) is 0 Å². The van der Waals surface area contributed by atoms with Gasteiger partial charge in [0, 0.05) is 17.5 Å². The van der Waals surface area contributed by atoms with Gasteiger partial charge < -0.3 is 61.7 Å². The average Bonchev–Trinajstić information content (AvgIpc) is 2.75. The first-order chi connectivity index (χ1) is 9.59. The van der Waals surface area contributed by atoms with Gasteiger partial charge in [-0.2, -0.15) is 0 Å². The van der Waals surface area contributed by atoms with Crippen molar-refractivity contribution in [3.8, 4) is 0 Å². The van der Waals surface area contributed by atoms with E-state index in [0.717, 1.165) is 13.2 Å². The van der Waals surface area contributed by atoms with Crippen LogP contribution in [0.5, 0.6) is 0 Å². The lowest BCUT2D eigenvalue weighted by atomic mass is 10.1. The minimum absolute atomic E-state index is 0. The molecule has 0 spiro atoms. The number of hydrogen-bond donors (Lipinski definition) is 0. The summed E-state index contributed by atoms with van der Waals surface area (Å²) >= 11 is 0. The Labute approximate surface area is 169 Å². The number of ether oxygens (including phenoxy) is 1. The molecule has 3 nitrogen and oxygen atoms in total. The average molecular weight is 530 g/mol. The normalized spacial score (nSPS) is 21.4. The van der Waals surface area contributed by atoms with Crippen LogP contribution in [0.4, 0.5) is 0 Å². The highest BCUT2D eigenvalue weighted by atomic mass is 127. The van der Waals surface area contributed by atoms with Crippen molar-refractivity contribution in [2.24, 2.45) is 0 Å². The Kier molecular flexibility index (Phi) is 8.05. The molecule has 0 aromatic heterocycles. The highest BCUT2D eigenvalue weighted by Crippen LogP contribution is 2.28. The van der Waals surface area contributed by atoms with Gasteiger partial charge in [-0.25, -0.2) is 0 Å². The standard InChI is InChI=1S/C17H28N2O.2HI/c1-18(10-12-20-13-11-18)8-5-9-19(2)14-16-6-3-4-7-17(16)15-19;;/h3-4,6-7H,5,8-15H2,1-2H3;2*1H/q+2;;/p-2. The Morgan fingerprint density at radius 2 is 1.36 bits per heavy atom. The SMILES string of the molecule is C[N+]1(CCC[N+]2(C)Cc3ccccc3C2)CCOCC1.[I-].[I-]. The maximum Gasteiger partial charge on any atom is 0.105 e. The third-order valence-electron chi connectivity index (χ3n) is 5.17. The topological polar surface area (TPSA) is 9.23 Å². The van der Waals surface area contributed by atoms with Crippen LogP contribution in [0.15, 0.2) is 24.3 Å². The lowest BCUT2D eigenvalue weighted by molar-refractivity contribution is -0.942. The first-order valence-electron chi connectivity index (χ1n) is 7.90. The summed E-state index contributed by atoms with van der Waals surface area (Å²) in [6.07, 6.45) is 1.32. The lowest BCUT2D eigenvalue weighted by Gasteiger charge is -2.38. The molecule has 0 atom stereocenters. The number of rotatable bonds is 4. The molecular formula is C17H28I2N2O. The number of hydrogen-bond acceptors (Lipinski definition) is 1. The smallest absolute Gasteiger partial charge is 0.105 e. The Hall–Kier alpha value is 0.560. The van der Waals surface area contributed by atoms with Crippen molar-refractivity contribution < 1.29 is 61.7 Å². The van der Waals surface area contributed by atoms with E-state index in [1.807, 2.05) is 0 Å². The number of likely N-dealkylation sites (N-methyl/N-ethyl adjacent to an activating group) is 1. The van der Waals surface area contributed by atoms with Crippen LogP contribution in [-0.2, 0) is 17.8 Å². The number of morpholine rings is 1. The summed E-state index contributed by atoms with van der Waals surface area (Å²) in [5.74, 6) is 0. The van der Waals surface area contributed by atoms with E-state index in [-0.39, 0.29) is 48.0 Å². The molecule has 1 fully saturated rings. The van der Waals surface area contributed by atoms with Crippen molar-refractivity contribution in [1.29, 1.82) is 0 Å². The van der Waals surface area contributed by atoms with Crippen LogP contribution in [-0.4, -0.2) is 62.5 Å². The predicted molar refractivity (Wildman–Crippen MR) is 81.1 cm³/mol. The second-order valence-corrected chi connectivity index (χ2v) is 7.18. The molecule has 22 heavy (non-hydrogen) atoms. The van der Waals surface area contributed by atoms with Crippen molar-refractivity contribution >= 4 is 0 Å². The fraction of sp³-hybridized carbons (Fsp3) is 0.647. The van der Waals surface area contributed by atoms with Gasteiger partial charge in [0.2, 0.25) is 0 Å². The van der Waals surface area contributed by atoms with E-state index in [0.29, 0.717) is 0 Å². The molecule has 1 aromatic rings. The number of nitrogens with zero attached hydrogens (tertiary/aromatic N) is 2. The third-order valence-corrected chi connectivity index (χ3v) is 5.17. The van der Waals surface area contributed by atoms with Gasteiger partial charge in [0.1, 0.15) is 26.2 Å². The van der Waals surface area contributed by atoms with Crippen molar-refractivity contribution in [1.82, 2.24) is 0 Å². The van der Waals surface area contributed by atoms with Crippen LogP contribution in [0.2, 0.25) is 0 Å². The monoisotopic (exact) mass is 530 g/mol. The third kappa shape index (κ3) is 5.03. The van der Waals surface area contributed by atoms with E-state index >= 15 is 0 Å². The van der Waals surface area contributed by atoms with Gasteiger partial charge >= 0.3 is 0 Å². The molecule has 0 amide bonds. The molecule has 2 aliphatic heterocycles. The van der Waals surface area contributed by atoms with Gasteiger partial charge in [-0.1, -0.05) is 24.3 Å². The van der Waals surface area contributed by atoms with E-state index in [1.54, 1.807) is 11.1 Å². The zero-order valence-electron chi connectivity index (χ0n) is 13.7. The Morgan fingerprint density at radius 3 is 1.91 bits per heavy atom. The number of halogens is 2. The fourth-order valence-corrected chi connectivity index (χ4v) is 3.74. The van der Waals surface area contributed by atoms with E-state index in [2.05, 4.69) is 38.4 Å². The Morgan fingerprint density at radius 1 is 0.864 bits per heavy atom. The van der Waals surface area contributed by atoms with Crippen LogP contribution >= 0.6 is 0 Å².